The molecule has 1 aromatic rings. The number of ketones is 2. The highest BCUT2D eigenvalue weighted by Crippen LogP contribution is 2.67. The summed E-state index contributed by atoms with van der Waals surface area (Å²) in [6.07, 6.45) is 7.78. The highest BCUT2D eigenvalue weighted by atomic mass is 16.9. The second kappa shape index (κ2) is 15.2. The minimum absolute atomic E-state index is 0.0161. The smallest absolute Gasteiger partial charge is 0.338 e. The van der Waals surface area contributed by atoms with Gasteiger partial charge in [-0.2, -0.15) is 0 Å². The maximum absolute atomic E-state index is 13.6. The van der Waals surface area contributed by atoms with E-state index in [1.165, 1.54) is 12.1 Å². The van der Waals surface area contributed by atoms with E-state index in [9.17, 15) is 39.5 Å². The quantitative estimate of drug-likeness (QED) is 0.131. The summed E-state index contributed by atoms with van der Waals surface area (Å²) in [4.78, 5) is 69.7. The summed E-state index contributed by atoms with van der Waals surface area (Å²) in [5, 5.41) is 33.0. The van der Waals surface area contributed by atoms with Crippen LogP contribution in [0.1, 0.15) is 68.3 Å². The summed E-state index contributed by atoms with van der Waals surface area (Å²) in [7, 11) is 0. The van der Waals surface area contributed by atoms with Gasteiger partial charge in [0, 0.05) is 49.5 Å². The van der Waals surface area contributed by atoms with E-state index in [4.69, 9.17) is 9.47 Å². The molecule has 1 aliphatic heterocycles. The lowest BCUT2D eigenvalue weighted by atomic mass is 9.46. The van der Waals surface area contributed by atoms with Crippen molar-refractivity contribution in [3.8, 4) is 0 Å². The Balaban J connectivity index is 0.909. The molecule has 4 fully saturated rings. The lowest BCUT2D eigenvalue weighted by Gasteiger charge is -2.59. The van der Waals surface area contributed by atoms with Gasteiger partial charge in [-0.1, -0.05) is 37.6 Å². The molecule has 282 valence electrons. The first kappa shape index (κ1) is 37.8. The number of carbonyl (C=O) groups excluding carboxylic acids is 4. The van der Waals surface area contributed by atoms with E-state index < -0.39 is 52.0 Å². The summed E-state index contributed by atoms with van der Waals surface area (Å²) in [6, 6.07) is 6.21. The molecule has 1 aromatic carbocycles. The van der Waals surface area contributed by atoms with Crippen LogP contribution in [0.3, 0.4) is 0 Å². The average Bonchev–Trinajstić information content (AvgIpc) is 3.39. The van der Waals surface area contributed by atoms with Crippen LogP contribution in [-0.4, -0.2) is 113 Å². The number of piperazine rings is 1. The summed E-state index contributed by atoms with van der Waals surface area (Å²) < 4.78 is 10.8. The fraction of sp³-hybridized carbons (Fsp3) is 0.632. The molecular weight excluding hydrogens is 674 g/mol. The molecule has 3 saturated carbocycles. The number of hydrogen-bond acceptors (Lipinski definition) is 13. The van der Waals surface area contributed by atoms with Crippen LogP contribution in [0.25, 0.3) is 0 Å². The van der Waals surface area contributed by atoms with Crippen LogP contribution < -0.4 is 0 Å². The first-order chi connectivity index (χ1) is 24.7. The molecule has 1 heterocycles. The van der Waals surface area contributed by atoms with Crippen LogP contribution in [0.15, 0.2) is 48.1 Å². The molecule has 7 atom stereocenters. The topological polar surface area (TPSA) is 186 Å². The predicted molar refractivity (Wildman–Crippen MR) is 185 cm³/mol. The Morgan fingerprint density at radius 1 is 1.04 bits per heavy atom. The van der Waals surface area contributed by atoms with Crippen molar-refractivity contribution in [2.75, 3.05) is 52.5 Å². The Hall–Kier alpha value is -3.98. The minimum Gasteiger partial charge on any atom is -0.462 e. The number of hydrogen-bond donors (Lipinski definition) is 2. The zero-order valence-corrected chi connectivity index (χ0v) is 29.9. The second-order valence-corrected chi connectivity index (χ2v) is 15.5. The summed E-state index contributed by atoms with van der Waals surface area (Å²) >= 11 is 0. The summed E-state index contributed by atoms with van der Waals surface area (Å²) in [5.41, 5.74) is -1.05. The summed E-state index contributed by atoms with van der Waals surface area (Å²) in [6.45, 7) is 6.91. The lowest BCUT2D eigenvalue weighted by molar-refractivity contribution is -0.763. The van der Waals surface area contributed by atoms with Crippen molar-refractivity contribution < 1.29 is 48.8 Å². The predicted octanol–water partition coefficient (Wildman–Crippen LogP) is 2.68. The van der Waals surface area contributed by atoms with Crippen LogP contribution in [0.2, 0.25) is 0 Å². The third-order valence-corrected chi connectivity index (χ3v) is 12.7. The first-order valence-corrected chi connectivity index (χ1v) is 18.3. The van der Waals surface area contributed by atoms with E-state index >= 15 is 0 Å². The number of allylic oxidation sites excluding steroid dienone is 4. The molecule has 14 heteroatoms. The number of aliphatic hydroxyl groups is 2. The monoisotopic (exact) mass is 723 g/mol. The molecule has 14 nitrogen and oxygen atoms in total. The highest BCUT2D eigenvalue weighted by Gasteiger charge is 2.68. The van der Waals surface area contributed by atoms with Gasteiger partial charge in [0.05, 0.1) is 24.8 Å². The molecular formula is C38H49N3O11. The zero-order chi connectivity index (χ0) is 37.3. The van der Waals surface area contributed by atoms with E-state index in [1.54, 1.807) is 24.3 Å². The van der Waals surface area contributed by atoms with Crippen LogP contribution in [0, 0.1) is 38.7 Å². The number of aliphatic hydroxyl groups excluding tert-OH is 1. The molecule has 0 aromatic heterocycles. The third kappa shape index (κ3) is 7.43. The van der Waals surface area contributed by atoms with Crippen molar-refractivity contribution in [3.63, 3.8) is 0 Å². The largest absolute Gasteiger partial charge is 0.462 e. The second-order valence-electron chi connectivity index (χ2n) is 15.5. The minimum atomic E-state index is -1.71. The molecule has 2 N–H and O–H groups in total. The number of fused-ring (bicyclic) bond motifs is 5. The molecule has 0 radical (unpaired) electrons. The van der Waals surface area contributed by atoms with Gasteiger partial charge in [-0.15, -0.1) is 10.1 Å². The molecule has 6 rings (SSSR count). The molecule has 1 unspecified atom stereocenters. The van der Waals surface area contributed by atoms with E-state index in [-0.39, 0.29) is 56.1 Å². The fourth-order valence-corrected chi connectivity index (χ4v) is 9.85. The van der Waals surface area contributed by atoms with Crippen molar-refractivity contribution >= 4 is 23.5 Å². The van der Waals surface area contributed by atoms with Gasteiger partial charge in [-0.3, -0.25) is 19.3 Å². The molecule has 52 heavy (non-hydrogen) atoms. The van der Waals surface area contributed by atoms with Crippen LogP contribution >= 0.6 is 0 Å². The van der Waals surface area contributed by atoms with E-state index in [1.807, 2.05) is 17.9 Å². The SMILES string of the molecule is C[C@]12C=CC(=O)C=C1CC[C@@H]1[C@@H]2C(O)C[C@@]2(C)[C@H]1CC[C@]2(O)C(=O)COC(=O)CN1CCN(CCCOC(=O)c2ccc(CO[N+](=O)[O-])cc2)CC1. The number of nitrogens with zero attached hydrogens (tertiary/aromatic N) is 3. The number of ether oxygens (including phenoxy) is 2. The van der Waals surface area contributed by atoms with Gasteiger partial charge < -0.3 is 29.4 Å². The number of benzene rings is 1. The molecule has 0 spiro atoms. The number of carbonyl (C=O) groups is 4. The highest BCUT2D eigenvalue weighted by molar-refractivity contribution is 6.01. The summed E-state index contributed by atoms with van der Waals surface area (Å²) in [5.74, 6) is -1.56. The Morgan fingerprint density at radius 2 is 1.75 bits per heavy atom. The number of esters is 2. The normalized spacial score (nSPS) is 32.9. The van der Waals surface area contributed by atoms with Crippen molar-refractivity contribution in [2.45, 2.75) is 70.7 Å². The Morgan fingerprint density at radius 3 is 2.46 bits per heavy atom. The Labute approximate surface area is 302 Å². The van der Waals surface area contributed by atoms with E-state index in [0.717, 1.165) is 18.4 Å². The molecule has 0 amide bonds. The Kier molecular flexibility index (Phi) is 11.0. The molecule has 0 bridgehead atoms. The van der Waals surface area contributed by atoms with Gasteiger partial charge in [0.25, 0.3) is 5.09 Å². The van der Waals surface area contributed by atoms with Gasteiger partial charge in [-0.25, -0.2) is 4.79 Å². The van der Waals surface area contributed by atoms with Crippen LogP contribution in [0.5, 0.6) is 0 Å². The third-order valence-electron chi connectivity index (χ3n) is 12.7. The lowest BCUT2D eigenvalue weighted by Crippen LogP contribution is -2.61. The zero-order valence-electron chi connectivity index (χ0n) is 29.9. The molecule has 5 aliphatic rings. The molecule has 1 saturated heterocycles. The van der Waals surface area contributed by atoms with Crippen molar-refractivity contribution in [2.24, 2.45) is 28.6 Å². The number of rotatable bonds is 13. The van der Waals surface area contributed by atoms with Gasteiger partial charge in [0.15, 0.2) is 12.4 Å². The van der Waals surface area contributed by atoms with E-state index in [0.29, 0.717) is 56.7 Å². The standard InChI is InChI=1S/C38H49N3O11/c1-36-12-10-28(42)20-27(36)8-9-29-30-11-13-38(47,37(30,2)21-31(43)34(29)36)32(44)24-51-33(45)22-40-17-15-39(16-18-40)14-3-19-50-35(46)26-6-4-25(5-7-26)23-52-41(48)49/h4-7,10,12,20,29-31,34,43,47H,3,8-9,11,13-19,21-24H2,1-2H3/t29-,30-,31?,34+,36-,37-,38-/m0/s1. The van der Waals surface area contributed by atoms with Crippen LogP contribution in [-0.2, 0) is 35.3 Å². The van der Waals surface area contributed by atoms with Gasteiger partial charge in [0.2, 0.25) is 5.78 Å². The van der Waals surface area contributed by atoms with Gasteiger partial charge >= 0.3 is 11.9 Å². The fourth-order valence-electron chi connectivity index (χ4n) is 9.85. The van der Waals surface area contributed by atoms with Gasteiger partial charge in [-0.05, 0) is 80.2 Å². The maximum atomic E-state index is 13.6. The Bertz CT molecular complexity index is 1620. The van der Waals surface area contributed by atoms with Crippen LogP contribution in [0.4, 0.5) is 0 Å². The maximum Gasteiger partial charge on any atom is 0.338 e. The van der Waals surface area contributed by atoms with Crippen molar-refractivity contribution in [3.05, 3.63) is 69.3 Å². The molecule has 4 aliphatic carbocycles. The average molecular weight is 724 g/mol. The number of Topliss-reactive ketones (excluding diaryl/α,β-unsaturated/α-hetero) is 1. The van der Waals surface area contributed by atoms with E-state index in [2.05, 4.69) is 16.7 Å². The van der Waals surface area contributed by atoms with Crippen molar-refractivity contribution in [1.82, 2.24) is 9.80 Å². The van der Waals surface area contributed by atoms with Crippen molar-refractivity contribution in [1.29, 1.82) is 0 Å². The first-order valence-electron chi connectivity index (χ1n) is 18.3. The van der Waals surface area contributed by atoms with Gasteiger partial charge in [0.1, 0.15) is 12.2 Å².